The largest absolute Gasteiger partial charge is 0.370 e. The molecule has 2 saturated heterocycles. The van der Waals surface area contributed by atoms with E-state index >= 15 is 0 Å². The van der Waals surface area contributed by atoms with Gasteiger partial charge in [0.1, 0.15) is 0 Å². The summed E-state index contributed by atoms with van der Waals surface area (Å²) >= 11 is 0. The van der Waals surface area contributed by atoms with Crippen LogP contribution in [-0.2, 0) is 9.53 Å². The predicted molar refractivity (Wildman–Crippen MR) is 126 cm³/mol. The molecular formula is C26H29N3O5. The Morgan fingerprint density at radius 1 is 1.06 bits per heavy atom. The van der Waals surface area contributed by atoms with Gasteiger partial charge in [-0.1, -0.05) is 31.0 Å². The third-order valence-corrected chi connectivity index (χ3v) is 7.37. The highest BCUT2D eigenvalue weighted by molar-refractivity contribution is 6.04. The van der Waals surface area contributed by atoms with E-state index in [0.717, 1.165) is 57.2 Å². The van der Waals surface area contributed by atoms with Crippen molar-refractivity contribution in [2.75, 3.05) is 18.4 Å². The second kappa shape index (κ2) is 9.54. The molecule has 1 N–H and O–H groups in total. The normalized spacial score (nSPS) is 24.6. The molecule has 2 aliphatic heterocycles. The number of ether oxygens (including phenoxy) is 1. The summed E-state index contributed by atoms with van der Waals surface area (Å²) in [6.45, 7) is 1.53. The van der Waals surface area contributed by atoms with Crippen LogP contribution in [0.2, 0.25) is 0 Å². The molecule has 3 aliphatic rings. The fraction of sp³-hybridized carbons (Fsp3) is 0.462. The van der Waals surface area contributed by atoms with Crippen LogP contribution in [0, 0.1) is 22.0 Å². The Balaban J connectivity index is 1.23. The van der Waals surface area contributed by atoms with Crippen LogP contribution in [0.15, 0.2) is 48.5 Å². The highest BCUT2D eigenvalue weighted by Gasteiger charge is 2.41. The zero-order valence-corrected chi connectivity index (χ0v) is 19.0. The number of carbonyl (C=O) groups excluding carboxylic acids is 2. The van der Waals surface area contributed by atoms with E-state index in [1.54, 1.807) is 12.1 Å². The highest BCUT2D eigenvalue weighted by atomic mass is 16.6. The SMILES string of the molecule is O=C(Nc1cccc(C2CC3CN(C(=O)C4CCCC4)CCC3O2)c1)c1cccc([N+](=O)[O-])c1. The number of hydrogen-bond donors (Lipinski definition) is 1. The van der Waals surface area contributed by atoms with Crippen molar-refractivity contribution < 1.29 is 19.2 Å². The minimum Gasteiger partial charge on any atom is -0.370 e. The van der Waals surface area contributed by atoms with Crippen LogP contribution in [0.25, 0.3) is 0 Å². The van der Waals surface area contributed by atoms with E-state index in [2.05, 4.69) is 10.2 Å². The molecule has 2 heterocycles. The summed E-state index contributed by atoms with van der Waals surface area (Å²) in [5, 5.41) is 13.8. The molecule has 3 fully saturated rings. The van der Waals surface area contributed by atoms with Gasteiger partial charge in [-0.15, -0.1) is 0 Å². The smallest absolute Gasteiger partial charge is 0.270 e. The van der Waals surface area contributed by atoms with E-state index in [1.165, 1.54) is 18.2 Å². The fourth-order valence-electron chi connectivity index (χ4n) is 5.58. The Kier molecular flexibility index (Phi) is 6.32. The number of nitrogens with zero attached hydrogens (tertiary/aromatic N) is 2. The van der Waals surface area contributed by atoms with Gasteiger partial charge in [-0.3, -0.25) is 19.7 Å². The van der Waals surface area contributed by atoms with Gasteiger partial charge in [0, 0.05) is 48.3 Å². The number of nitrogens with one attached hydrogen (secondary N) is 1. The lowest BCUT2D eigenvalue weighted by atomic mass is 9.90. The van der Waals surface area contributed by atoms with E-state index in [4.69, 9.17) is 4.74 Å². The number of likely N-dealkylation sites (tertiary alicyclic amines) is 1. The molecule has 2 aromatic rings. The first-order chi connectivity index (χ1) is 16.5. The third-order valence-electron chi connectivity index (χ3n) is 7.37. The second-order valence-corrected chi connectivity index (χ2v) is 9.60. The number of fused-ring (bicyclic) bond motifs is 1. The Morgan fingerprint density at radius 3 is 2.65 bits per heavy atom. The van der Waals surface area contributed by atoms with E-state index in [0.29, 0.717) is 17.5 Å². The first kappa shape index (κ1) is 22.5. The number of nitro benzene ring substituents is 1. The maximum atomic E-state index is 12.9. The van der Waals surface area contributed by atoms with Gasteiger partial charge >= 0.3 is 0 Å². The predicted octanol–water partition coefficient (Wildman–Crippen LogP) is 4.72. The lowest BCUT2D eigenvalue weighted by Crippen LogP contribution is -2.46. The van der Waals surface area contributed by atoms with Crippen molar-refractivity contribution in [2.45, 2.75) is 50.7 Å². The average Bonchev–Trinajstić information content (AvgIpc) is 3.53. The summed E-state index contributed by atoms with van der Waals surface area (Å²) in [5.74, 6) is 0.460. The van der Waals surface area contributed by atoms with Gasteiger partial charge in [0.05, 0.1) is 17.1 Å². The van der Waals surface area contributed by atoms with Gasteiger partial charge in [-0.25, -0.2) is 0 Å². The zero-order valence-electron chi connectivity index (χ0n) is 19.0. The monoisotopic (exact) mass is 463 g/mol. The Morgan fingerprint density at radius 2 is 1.85 bits per heavy atom. The van der Waals surface area contributed by atoms with Crippen LogP contribution >= 0.6 is 0 Å². The van der Waals surface area contributed by atoms with Gasteiger partial charge < -0.3 is 15.0 Å². The van der Waals surface area contributed by atoms with Crippen molar-refractivity contribution in [1.82, 2.24) is 4.90 Å². The number of amides is 2. The molecule has 178 valence electrons. The molecule has 2 amide bonds. The molecular weight excluding hydrogens is 434 g/mol. The number of anilines is 1. The number of hydrogen-bond acceptors (Lipinski definition) is 5. The third kappa shape index (κ3) is 4.68. The average molecular weight is 464 g/mol. The molecule has 3 atom stereocenters. The molecule has 3 unspecified atom stereocenters. The van der Waals surface area contributed by atoms with E-state index in [-0.39, 0.29) is 29.4 Å². The van der Waals surface area contributed by atoms with E-state index in [9.17, 15) is 19.7 Å². The lowest BCUT2D eigenvalue weighted by molar-refractivity contribution is -0.384. The molecule has 0 aromatic heterocycles. The summed E-state index contributed by atoms with van der Waals surface area (Å²) in [6, 6.07) is 13.2. The molecule has 1 saturated carbocycles. The van der Waals surface area contributed by atoms with Gasteiger partial charge in [0.2, 0.25) is 5.91 Å². The van der Waals surface area contributed by atoms with Crippen molar-refractivity contribution in [3.8, 4) is 0 Å². The van der Waals surface area contributed by atoms with Gasteiger partial charge in [0.25, 0.3) is 11.6 Å². The van der Waals surface area contributed by atoms with Crippen LogP contribution in [0.3, 0.4) is 0 Å². The molecule has 2 aromatic carbocycles. The highest BCUT2D eigenvalue weighted by Crippen LogP contribution is 2.42. The van der Waals surface area contributed by atoms with Crippen LogP contribution in [0.4, 0.5) is 11.4 Å². The standard InChI is InChI=1S/C26H29N3O5/c30-25(19-8-4-10-22(14-19)29(32)33)27-21-9-3-7-18(13-21)24-15-20-16-28(12-11-23(20)34-24)26(31)17-5-1-2-6-17/h3-4,7-10,13-14,17,20,23-24H,1-2,5-6,11-12,15-16H2,(H,27,30). The number of non-ortho nitro benzene ring substituents is 1. The summed E-state index contributed by atoms with van der Waals surface area (Å²) in [4.78, 5) is 38.0. The molecule has 8 nitrogen and oxygen atoms in total. The molecule has 0 radical (unpaired) electrons. The minimum absolute atomic E-state index is 0.0776. The number of rotatable bonds is 5. The Labute approximate surface area is 198 Å². The van der Waals surface area contributed by atoms with Gasteiger partial charge in [0.15, 0.2) is 0 Å². The van der Waals surface area contributed by atoms with Gasteiger partial charge in [-0.05, 0) is 49.4 Å². The van der Waals surface area contributed by atoms with Crippen LogP contribution in [0.5, 0.6) is 0 Å². The molecule has 8 heteroatoms. The molecule has 5 rings (SSSR count). The number of benzene rings is 2. The number of carbonyl (C=O) groups is 2. The van der Waals surface area contributed by atoms with E-state index in [1.807, 2.05) is 18.2 Å². The second-order valence-electron chi connectivity index (χ2n) is 9.60. The van der Waals surface area contributed by atoms with Gasteiger partial charge in [-0.2, -0.15) is 0 Å². The minimum atomic E-state index is -0.517. The quantitative estimate of drug-likeness (QED) is 0.511. The maximum absolute atomic E-state index is 12.9. The van der Waals surface area contributed by atoms with Crippen LogP contribution in [-0.4, -0.2) is 40.8 Å². The summed E-state index contributed by atoms with van der Waals surface area (Å²) < 4.78 is 6.37. The van der Waals surface area contributed by atoms with Crippen molar-refractivity contribution in [2.24, 2.45) is 11.8 Å². The van der Waals surface area contributed by atoms with Crippen molar-refractivity contribution in [1.29, 1.82) is 0 Å². The Bertz CT molecular complexity index is 1100. The summed E-state index contributed by atoms with van der Waals surface area (Å²) in [5.41, 5.74) is 1.71. The van der Waals surface area contributed by atoms with Crippen molar-refractivity contribution in [3.63, 3.8) is 0 Å². The number of piperidine rings is 1. The van der Waals surface area contributed by atoms with Crippen molar-refractivity contribution in [3.05, 3.63) is 69.8 Å². The lowest BCUT2D eigenvalue weighted by Gasteiger charge is -2.35. The van der Waals surface area contributed by atoms with Crippen LogP contribution < -0.4 is 5.32 Å². The topological polar surface area (TPSA) is 102 Å². The zero-order chi connectivity index (χ0) is 23.7. The molecule has 0 bridgehead atoms. The first-order valence-electron chi connectivity index (χ1n) is 12.1. The van der Waals surface area contributed by atoms with Crippen molar-refractivity contribution >= 4 is 23.2 Å². The maximum Gasteiger partial charge on any atom is 0.270 e. The summed E-state index contributed by atoms with van der Waals surface area (Å²) in [6.07, 6.45) is 6.16. The number of nitro groups is 1. The van der Waals surface area contributed by atoms with Crippen LogP contribution in [0.1, 0.15) is 60.6 Å². The van der Waals surface area contributed by atoms with E-state index < -0.39 is 10.8 Å². The molecule has 1 aliphatic carbocycles. The Hall–Kier alpha value is -3.26. The first-order valence-corrected chi connectivity index (χ1v) is 12.1. The molecule has 34 heavy (non-hydrogen) atoms. The summed E-state index contributed by atoms with van der Waals surface area (Å²) in [7, 11) is 0. The fourth-order valence-corrected chi connectivity index (χ4v) is 5.58. The molecule has 0 spiro atoms.